The molecule has 16 rings (SSSR count). The fourth-order valence-electron chi connectivity index (χ4n) is 20.4. The van der Waals surface area contributed by atoms with Gasteiger partial charge < -0.3 is 105 Å². The minimum absolute atomic E-state index is 0.0173. The van der Waals surface area contributed by atoms with E-state index in [2.05, 4.69) is 59.7 Å². The Hall–Kier alpha value is -14.7. The standard InChI is InChI=1S/C103H117F2N15O26S/c1-11-102(135)70-40-78-86-65(44-119(78)92(125)68(70)49-142-94(102)127)82-74(32-30-61-53(7)72(104)42-76(111-86)80(61)82)113-97(130)144-46-57-22-26-59(27-23-57)109-88(121)55(9)107-90(123)84(51(3)4)115-99(132)140-38-35-118(147(137,138)117-101(134)139-37-19-15-18-34-106-96(129)146-48-67-63-20-16-13-14-17-21-64(63)67)36-39-141-100(133)116-85(52(5)6)91(124)108-56(10)89(122)110-60-28-24-58(25-29-60)47-145-98(131)114-75-33-31-62-54(8)73(105)43-77-81(62)83(75)66-45-120-79(87(66)112-77)41-71-69(93(120)126)50-143-95(128)103(71,136)12-2/h22-29,40-43,51-52,55-56,63-64,67,74-75,84-85,135-136H,11-12,15-21,30-39,44-50H2,1-10H3,(H,106,129)(H,107,123)(H,108,124)(H,109,121)(H,110,122)(H,113,130)(H,114,131)(H,115,132)(H,116,133)(H,117,134)/t55-,56-,63-,64+,67?,74-,75-,84-,85-,102-,103-/m0/s1. The van der Waals surface area contributed by atoms with Gasteiger partial charge in [0.1, 0.15) is 75.4 Å². The van der Waals surface area contributed by atoms with Crippen molar-refractivity contribution in [3.05, 3.63) is 183 Å². The van der Waals surface area contributed by atoms with Gasteiger partial charge in [0, 0.05) is 89.0 Å². The van der Waals surface area contributed by atoms with Gasteiger partial charge >= 0.3 is 58.7 Å². The number of nitrogens with zero attached hydrogens (tertiary/aromatic N) is 5. The molecule has 0 radical (unpaired) electrons. The van der Waals surface area contributed by atoms with Gasteiger partial charge in [-0.15, -0.1) is 11.8 Å². The van der Waals surface area contributed by atoms with Crippen molar-refractivity contribution < 1.29 is 123 Å². The second-order valence-corrected chi connectivity index (χ2v) is 40.4. The molecule has 8 heterocycles. The summed E-state index contributed by atoms with van der Waals surface area (Å²) in [7, 11) is -4.95. The topological polar surface area (TPSA) is 547 Å². The fourth-order valence-corrected chi connectivity index (χ4v) is 21.4. The van der Waals surface area contributed by atoms with E-state index in [-0.39, 0.29) is 117 Å². The molecule has 8 aromatic rings. The third kappa shape index (κ3) is 22.2. The first kappa shape index (κ1) is 105. The zero-order chi connectivity index (χ0) is 105. The van der Waals surface area contributed by atoms with Crippen LogP contribution in [0.2, 0.25) is 0 Å². The summed E-state index contributed by atoms with van der Waals surface area (Å²) in [5, 5.41) is 48.3. The predicted molar refractivity (Wildman–Crippen MR) is 524 cm³/mol. The fraction of sp³-hybridized carbons (Fsp3) is 0.476. The van der Waals surface area contributed by atoms with Crippen molar-refractivity contribution in [1.29, 1.82) is 0 Å². The Labute approximate surface area is 843 Å². The lowest BCUT2D eigenvalue weighted by Crippen LogP contribution is -2.54. The lowest BCUT2D eigenvalue weighted by Gasteiger charge is -2.31. The number of nitrogens with one attached hydrogen (secondary N) is 10. The molecule has 0 spiro atoms. The van der Waals surface area contributed by atoms with Crippen LogP contribution in [0.4, 0.5) is 48.9 Å². The van der Waals surface area contributed by atoms with Crippen molar-refractivity contribution in [2.24, 2.45) is 29.6 Å². The molecule has 4 aliphatic heterocycles. The Bertz CT molecular complexity index is 6600. The smallest absolute Gasteiger partial charge is 0.421 e. The van der Waals surface area contributed by atoms with Crippen LogP contribution in [0.25, 0.3) is 44.6 Å². The molecule has 4 aromatic carbocycles. The molecule has 147 heavy (non-hydrogen) atoms. The van der Waals surface area contributed by atoms with E-state index in [0.29, 0.717) is 156 Å². The maximum atomic E-state index is 15.6. The van der Waals surface area contributed by atoms with Crippen LogP contribution in [-0.2, 0) is 140 Å². The van der Waals surface area contributed by atoms with Crippen molar-refractivity contribution in [2.45, 2.75) is 240 Å². The molecular weight excluding hydrogens is 1930 g/mol. The third-order valence-corrected chi connectivity index (χ3v) is 30.2. The number of ether oxygens (including phenoxy) is 8. The molecule has 8 aliphatic rings. The SMILES string of the molecule is CC[C@@]1(O)C(=O)OCc2c1cc1n(c2=O)Cc2c-1nc1cc(F)c(C)c3c1c2[C@@H](NC(=O)OCc1ccc(NC(=O)[C@H](C)NC(=O)[C@@H](NC(=O)OCCN(CCOC(=O)N[C@H](C(=O)N[C@@H](C)C(=O)Nc2ccc(COC(=O)N[C@H]4CCc5c(C)c(F)cc6nc7c(c4c56)Cn4c-7cc5c(c4=O)COC(=O)[C@]5(O)CC)cc2)C(C)C)S(=O)(=O)NC(=O)OCCCCCNC(=O)OCC2[C@H]4CCC#CCC[C@@H]24)C(C)C)cc1)CC3. The van der Waals surface area contributed by atoms with Crippen molar-refractivity contribution in [3.8, 4) is 34.6 Å². The normalized spacial score (nSPS) is 19.6. The summed E-state index contributed by atoms with van der Waals surface area (Å²) in [6.45, 7) is 11.9. The number of hydrogen-bond donors (Lipinski definition) is 12. The number of benzene rings is 4. The lowest BCUT2D eigenvalue weighted by atomic mass is 9.81. The van der Waals surface area contributed by atoms with Gasteiger partial charge in [-0.25, -0.2) is 61.8 Å². The number of carbonyl (C=O) groups excluding carboxylic acids is 12. The predicted octanol–water partition coefficient (Wildman–Crippen LogP) is 9.89. The number of unbranched alkanes of at least 4 members (excludes halogenated alkanes) is 2. The summed E-state index contributed by atoms with van der Waals surface area (Å²) in [4.78, 5) is 199. The molecule has 0 saturated heterocycles. The van der Waals surface area contributed by atoms with Crippen molar-refractivity contribution >= 4 is 116 Å². The van der Waals surface area contributed by atoms with E-state index in [0.717, 1.165) is 25.7 Å². The van der Waals surface area contributed by atoms with E-state index in [1.807, 2.05) is 0 Å². The highest BCUT2D eigenvalue weighted by atomic mass is 32.2. The number of alkyl carbamates (subject to hydrolysis) is 5. The van der Waals surface area contributed by atoms with Crippen molar-refractivity contribution in [3.63, 3.8) is 0 Å². The zero-order valence-electron chi connectivity index (χ0n) is 82.8. The molecule has 10 amide bonds. The van der Waals surface area contributed by atoms with Gasteiger partial charge in [-0.2, -0.15) is 12.7 Å². The number of pyridine rings is 4. The first-order valence-electron chi connectivity index (χ1n) is 49.2. The molecule has 4 aliphatic carbocycles. The summed E-state index contributed by atoms with van der Waals surface area (Å²) < 4.78 is 108. The number of carbonyl (C=O) groups is 12. The van der Waals surface area contributed by atoms with E-state index in [4.69, 9.17) is 47.9 Å². The van der Waals surface area contributed by atoms with Gasteiger partial charge in [0.2, 0.25) is 23.6 Å². The monoisotopic (exact) mass is 2050 g/mol. The van der Waals surface area contributed by atoms with Crippen LogP contribution < -0.4 is 63.7 Å². The number of fused-ring (bicyclic) bond motifs is 11. The Morgan fingerprint density at radius 2 is 0.946 bits per heavy atom. The summed E-state index contributed by atoms with van der Waals surface area (Å²) in [5.41, 5.74) is 3.28. The van der Waals surface area contributed by atoms with Crippen LogP contribution in [-0.4, -0.2) is 184 Å². The maximum absolute atomic E-state index is 15.6. The van der Waals surface area contributed by atoms with E-state index >= 15 is 8.78 Å². The van der Waals surface area contributed by atoms with Crippen molar-refractivity contribution in [2.75, 3.05) is 56.7 Å². The van der Waals surface area contributed by atoms with Crippen LogP contribution in [0, 0.1) is 66.9 Å². The summed E-state index contributed by atoms with van der Waals surface area (Å²) >= 11 is 0. The second kappa shape index (κ2) is 43.9. The van der Waals surface area contributed by atoms with Gasteiger partial charge in [0.25, 0.3) is 11.1 Å². The van der Waals surface area contributed by atoms with Crippen LogP contribution in [0.5, 0.6) is 0 Å². The Balaban J connectivity index is 0.490. The number of cyclic esters (lactones) is 2. The van der Waals surface area contributed by atoms with E-state index < -0.39 is 191 Å². The number of anilines is 2. The van der Waals surface area contributed by atoms with Crippen molar-refractivity contribution in [1.82, 2.24) is 65.3 Å². The number of amides is 10. The molecule has 1 unspecified atom stereocenters. The van der Waals surface area contributed by atoms with Crippen LogP contribution in [0.1, 0.15) is 216 Å². The Morgan fingerprint density at radius 1 is 0.517 bits per heavy atom. The number of rotatable bonds is 36. The van der Waals surface area contributed by atoms with E-state index in [1.54, 1.807) is 96.5 Å². The minimum atomic E-state index is -4.95. The molecule has 0 bridgehead atoms. The van der Waals surface area contributed by atoms with E-state index in [1.165, 1.54) is 59.4 Å². The molecule has 41 nitrogen and oxygen atoms in total. The second-order valence-electron chi connectivity index (χ2n) is 38.7. The quantitative estimate of drug-likeness (QED) is 0.00751. The number of hydrogen-bond acceptors (Lipinski definition) is 28. The Kier molecular flexibility index (Phi) is 31.4. The molecule has 12 N–H and O–H groups in total. The summed E-state index contributed by atoms with van der Waals surface area (Å²) in [6.07, 6.45) is -0.0312. The van der Waals surface area contributed by atoms with Gasteiger partial charge in [-0.3, -0.25) is 28.8 Å². The van der Waals surface area contributed by atoms with Gasteiger partial charge in [0.05, 0.1) is 83.3 Å². The van der Waals surface area contributed by atoms with Crippen LogP contribution in [0.3, 0.4) is 0 Å². The maximum Gasteiger partial charge on any atom is 0.421 e. The molecule has 4 aromatic heterocycles. The lowest BCUT2D eigenvalue weighted by molar-refractivity contribution is -0.172. The number of halogens is 2. The average molecular weight is 2050 g/mol. The largest absolute Gasteiger partial charge is 0.458 e. The molecule has 44 heteroatoms. The molecule has 1 fully saturated rings. The van der Waals surface area contributed by atoms with Crippen LogP contribution in [0.15, 0.2) is 82.4 Å². The highest BCUT2D eigenvalue weighted by Gasteiger charge is 2.51. The molecular formula is C103H117F2N15O26S. The van der Waals surface area contributed by atoms with Crippen LogP contribution >= 0.6 is 0 Å². The first-order chi connectivity index (χ1) is 70.2. The summed E-state index contributed by atoms with van der Waals surface area (Å²) in [5.74, 6) is 0.543. The molecule has 11 atom stereocenters. The highest BCUT2D eigenvalue weighted by Crippen LogP contribution is 2.53. The Morgan fingerprint density at radius 3 is 1.37 bits per heavy atom. The van der Waals surface area contributed by atoms with Gasteiger partial charge in [-0.1, -0.05) is 65.8 Å². The van der Waals surface area contributed by atoms with Gasteiger partial charge in [0.15, 0.2) is 11.2 Å². The average Bonchev–Trinajstić information content (AvgIpc) is 1.55. The molecule has 1 saturated carbocycles. The zero-order valence-corrected chi connectivity index (χ0v) is 83.6. The number of esters is 2. The number of aliphatic hydroxyl groups is 2. The number of aromatic nitrogens is 4. The van der Waals surface area contributed by atoms with E-state index in [9.17, 15) is 85.8 Å². The minimum Gasteiger partial charge on any atom is -0.458 e. The molecule has 780 valence electrons. The van der Waals surface area contributed by atoms with Gasteiger partial charge in [-0.05, 0) is 209 Å². The summed E-state index contributed by atoms with van der Waals surface area (Å²) in [6, 6.07) is 11.6. The first-order valence-corrected chi connectivity index (χ1v) is 50.7. The highest BCUT2D eigenvalue weighted by molar-refractivity contribution is 7.87. The number of aryl methyl sites for hydroxylation is 2. The third-order valence-electron chi connectivity index (χ3n) is 28.7.